The highest BCUT2D eigenvalue weighted by Crippen LogP contribution is 2.33. The van der Waals surface area contributed by atoms with Gasteiger partial charge in [-0.25, -0.2) is 0 Å². The maximum atomic E-state index is 5.79. The summed E-state index contributed by atoms with van der Waals surface area (Å²) >= 11 is 3.47. The van der Waals surface area contributed by atoms with Gasteiger partial charge in [-0.3, -0.25) is 0 Å². The fourth-order valence-electron chi connectivity index (χ4n) is 1.67. The fraction of sp³-hybridized carbons (Fsp3) is 0.538. The Labute approximate surface area is 105 Å². The maximum Gasteiger partial charge on any atom is 0.123 e. The largest absolute Gasteiger partial charge is 0.497 e. The van der Waals surface area contributed by atoms with E-state index in [4.69, 9.17) is 9.47 Å². The number of rotatable bonds is 6. The Bertz CT molecular complexity index is 348. The van der Waals surface area contributed by atoms with Gasteiger partial charge in [-0.05, 0) is 30.5 Å². The predicted octanol–water partition coefficient (Wildman–Crippen LogP) is 3.77. The molecule has 0 spiro atoms. The quantitative estimate of drug-likeness (QED) is 0.741. The Hall–Kier alpha value is -0.700. The zero-order chi connectivity index (χ0) is 11.4. The van der Waals surface area contributed by atoms with E-state index in [0.29, 0.717) is 0 Å². The van der Waals surface area contributed by atoms with Crippen LogP contribution in [0.3, 0.4) is 0 Å². The first-order chi connectivity index (χ1) is 7.83. The summed E-state index contributed by atoms with van der Waals surface area (Å²) in [5.74, 6) is 2.77. The van der Waals surface area contributed by atoms with Crippen molar-refractivity contribution in [3.05, 3.63) is 23.8 Å². The molecule has 1 aliphatic rings. The third kappa shape index (κ3) is 3.14. The van der Waals surface area contributed by atoms with Crippen LogP contribution in [-0.2, 0) is 5.33 Å². The van der Waals surface area contributed by atoms with E-state index in [0.717, 1.165) is 34.9 Å². The monoisotopic (exact) mass is 284 g/mol. The summed E-state index contributed by atoms with van der Waals surface area (Å²) in [6.45, 7) is 0.830. The van der Waals surface area contributed by atoms with Crippen molar-refractivity contribution in [2.45, 2.75) is 24.6 Å². The highest BCUT2D eigenvalue weighted by atomic mass is 79.9. The van der Waals surface area contributed by atoms with Crippen LogP contribution < -0.4 is 9.47 Å². The molecule has 1 aromatic carbocycles. The lowest BCUT2D eigenvalue weighted by atomic mass is 10.2. The summed E-state index contributed by atoms with van der Waals surface area (Å²) in [4.78, 5) is 0. The molecular weight excluding hydrogens is 268 g/mol. The zero-order valence-electron chi connectivity index (χ0n) is 9.54. The molecule has 0 N–H and O–H groups in total. The minimum absolute atomic E-state index is 0.795. The van der Waals surface area contributed by atoms with Gasteiger partial charge in [0, 0.05) is 10.9 Å². The van der Waals surface area contributed by atoms with Crippen LogP contribution in [0.25, 0.3) is 0 Å². The summed E-state index contributed by atoms with van der Waals surface area (Å²) < 4.78 is 11.0. The minimum atomic E-state index is 0.795. The van der Waals surface area contributed by atoms with E-state index in [1.165, 1.54) is 19.3 Å². The second-order valence-corrected chi connectivity index (χ2v) is 4.75. The lowest BCUT2D eigenvalue weighted by molar-refractivity contribution is 0.299. The zero-order valence-corrected chi connectivity index (χ0v) is 11.1. The van der Waals surface area contributed by atoms with E-state index in [1.54, 1.807) is 7.11 Å². The molecule has 0 heterocycles. The van der Waals surface area contributed by atoms with Gasteiger partial charge in [-0.15, -0.1) is 0 Å². The van der Waals surface area contributed by atoms with Crippen molar-refractivity contribution in [1.29, 1.82) is 0 Å². The third-order valence-electron chi connectivity index (χ3n) is 2.89. The van der Waals surface area contributed by atoms with Gasteiger partial charge in [-0.1, -0.05) is 28.8 Å². The molecule has 0 unspecified atom stereocenters. The topological polar surface area (TPSA) is 18.5 Å². The number of alkyl halides is 1. The smallest absolute Gasteiger partial charge is 0.123 e. The average molecular weight is 285 g/mol. The van der Waals surface area contributed by atoms with Gasteiger partial charge in [0.25, 0.3) is 0 Å². The Morgan fingerprint density at radius 1 is 1.38 bits per heavy atom. The molecule has 16 heavy (non-hydrogen) atoms. The first-order valence-electron chi connectivity index (χ1n) is 5.69. The summed E-state index contributed by atoms with van der Waals surface area (Å²) in [6, 6.07) is 5.95. The highest BCUT2D eigenvalue weighted by Gasteiger charge is 2.20. The van der Waals surface area contributed by atoms with Crippen molar-refractivity contribution in [3.8, 4) is 11.5 Å². The van der Waals surface area contributed by atoms with Gasteiger partial charge in [0.15, 0.2) is 0 Å². The third-order valence-corrected chi connectivity index (χ3v) is 3.50. The molecule has 0 aliphatic heterocycles. The van der Waals surface area contributed by atoms with Crippen molar-refractivity contribution >= 4 is 15.9 Å². The van der Waals surface area contributed by atoms with Crippen LogP contribution in [0.2, 0.25) is 0 Å². The SMILES string of the molecule is COc1ccc(OCCC2CC2)c(CBr)c1. The maximum absolute atomic E-state index is 5.79. The Morgan fingerprint density at radius 3 is 2.81 bits per heavy atom. The summed E-state index contributed by atoms with van der Waals surface area (Å²) in [5.41, 5.74) is 1.15. The molecule has 0 aromatic heterocycles. The summed E-state index contributed by atoms with van der Waals surface area (Å²) in [5, 5.41) is 0.795. The molecule has 1 saturated carbocycles. The van der Waals surface area contributed by atoms with Gasteiger partial charge in [0.2, 0.25) is 0 Å². The molecule has 1 aliphatic carbocycles. The molecule has 0 atom stereocenters. The lowest BCUT2D eigenvalue weighted by Gasteiger charge is -2.11. The van der Waals surface area contributed by atoms with E-state index in [2.05, 4.69) is 15.9 Å². The number of benzene rings is 1. The van der Waals surface area contributed by atoms with Crippen molar-refractivity contribution in [1.82, 2.24) is 0 Å². The van der Waals surface area contributed by atoms with E-state index < -0.39 is 0 Å². The van der Waals surface area contributed by atoms with Gasteiger partial charge >= 0.3 is 0 Å². The fourth-order valence-corrected chi connectivity index (χ4v) is 2.11. The Morgan fingerprint density at radius 2 is 2.19 bits per heavy atom. The van der Waals surface area contributed by atoms with Gasteiger partial charge in [0.1, 0.15) is 11.5 Å². The molecule has 3 heteroatoms. The summed E-state index contributed by atoms with van der Waals surface area (Å²) in [6.07, 6.45) is 3.96. The van der Waals surface area contributed by atoms with Gasteiger partial charge < -0.3 is 9.47 Å². The second-order valence-electron chi connectivity index (χ2n) is 4.19. The predicted molar refractivity (Wildman–Crippen MR) is 68.5 cm³/mol. The molecule has 1 aromatic rings. The van der Waals surface area contributed by atoms with Crippen molar-refractivity contribution in [2.75, 3.05) is 13.7 Å². The molecule has 0 saturated heterocycles. The molecule has 0 radical (unpaired) electrons. The Kier molecular flexibility index (Phi) is 4.10. The highest BCUT2D eigenvalue weighted by molar-refractivity contribution is 9.08. The molecule has 0 bridgehead atoms. The summed E-state index contributed by atoms with van der Waals surface area (Å²) in [7, 11) is 1.68. The number of halogens is 1. The number of hydrogen-bond acceptors (Lipinski definition) is 2. The second kappa shape index (κ2) is 5.58. The van der Waals surface area contributed by atoms with Crippen LogP contribution in [-0.4, -0.2) is 13.7 Å². The molecular formula is C13H17BrO2. The Balaban J connectivity index is 1.94. The molecule has 2 rings (SSSR count). The number of hydrogen-bond donors (Lipinski definition) is 0. The van der Waals surface area contributed by atoms with Gasteiger partial charge in [0.05, 0.1) is 13.7 Å². The van der Waals surface area contributed by atoms with Crippen molar-refractivity contribution in [2.24, 2.45) is 5.92 Å². The standard InChI is InChI=1S/C13H17BrO2/c1-15-12-4-5-13(11(8-12)9-14)16-7-6-10-2-3-10/h4-5,8,10H,2-3,6-7,9H2,1H3. The minimum Gasteiger partial charge on any atom is -0.497 e. The lowest BCUT2D eigenvalue weighted by Crippen LogP contribution is -2.00. The molecule has 2 nitrogen and oxygen atoms in total. The first-order valence-corrected chi connectivity index (χ1v) is 6.81. The molecule has 88 valence electrons. The van der Waals surface area contributed by atoms with Crippen LogP contribution in [0.1, 0.15) is 24.8 Å². The van der Waals surface area contributed by atoms with Crippen molar-refractivity contribution in [3.63, 3.8) is 0 Å². The van der Waals surface area contributed by atoms with E-state index in [1.807, 2.05) is 18.2 Å². The van der Waals surface area contributed by atoms with Gasteiger partial charge in [-0.2, -0.15) is 0 Å². The van der Waals surface area contributed by atoms with Crippen molar-refractivity contribution < 1.29 is 9.47 Å². The number of ether oxygens (including phenoxy) is 2. The normalized spacial score (nSPS) is 14.9. The first kappa shape index (κ1) is 11.8. The average Bonchev–Trinajstić information content (AvgIpc) is 3.13. The van der Waals surface area contributed by atoms with Crippen LogP contribution in [0.15, 0.2) is 18.2 Å². The van der Waals surface area contributed by atoms with E-state index in [9.17, 15) is 0 Å². The van der Waals surface area contributed by atoms with Crippen LogP contribution >= 0.6 is 15.9 Å². The molecule has 0 amide bonds. The van der Waals surface area contributed by atoms with Crippen LogP contribution in [0.4, 0.5) is 0 Å². The van der Waals surface area contributed by atoms with E-state index in [-0.39, 0.29) is 0 Å². The molecule has 1 fully saturated rings. The van der Waals surface area contributed by atoms with E-state index >= 15 is 0 Å². The van der Waals surface area contributed by atoms with Crippen LogP contribution in [0, 0.1) is 5.92 Å². The van der Waals surface area contributed by atoms with Crippen LogP contribution in [0.5, 0.6) is 11.5 Å². The number of methoxy groups -OCH3 is 1.